The Morgan fingerprint density at radius 1 is 0.697 bits per heavy atom. The number of hydrogen-bond donors (Lipinski definition) is 2. The minimum absolute atomic E-state index is 0.0375. The summed E-state index contributed by atoms with van der Waals surface area (Å²) in [5.41, 5.74) is -0.287. The number of carboxylic acid groups (broad SMARTS) is 2. The molecular weight excluding hydrogens is 422 g/mol. The Morgan fingerprint density at radius 3 is 1.52 bits per heavy atom. The zero-order chi connectivity index (χ0) is 23.7. The van der Waals surface area contributed by atoms with E-state index in [0.29, 0.717) is 5.56 Å². The van der Waals surface area contributed by atoms with Crippen molar-refractivity contribution in [3.63, 3.8) is 0 Å². The molecule has 0 amide bonds. The van der Waals surface area contributed by atoms with Crippen molar-refractivity contribution in [1.29, 1.82) is 0 Å². The highest BCUT2D eigenvalue weighted by molar-refractivity contribution is 6.06. The van der Waals surface area contributed by atoms with Gasteiger partial charge in [-0.15, -0.1) is 0 Å². The number of carbonyl (C=O) groups excluding carboxylic acids is 1. The van der Waals surface area contributed by atoms with Crippen molar-refractivity contribution < 1.29 is 29.3 Å². The molecule has 3 aromatic carbocycles. The Bertz CT molecular complexity index is 1030. The lowest BCUT2D eigenvalue weighted by atomic mass is 9.91. The van der Waals surface area contributed by atoms with Gasteiger partial charge in [0.15, 0.2) is 0 Å². The van der Waals surface area contributed by atoms with Gasteiger partial charge in [0.05, 0.1) is 6.42 Å². The maximum atomic E-state index is 13.3. The minimum Gasteiger partial charge on any atom is -0.481 e. The molecule has 0 saturated heterocycles. The van der Waals surface area contributed by atoms with Crippen LogP contribution in [0.3, 0.4) is 0 Å². The third-order valence-corrected chi connectivity index (χ3v) is 5.28. The summed E-state index contributed by atoms with van der Waals surface area (Å²) in [6.45, 7) is -0.0929. The zero-order valence-corrected chi connectivity index (χ0v) is 18.0. The number of nitrogens with zero attached hydrogens (tertiary/aromatic N) is 1. The number of hydrogen-bond acceptors (Lipinski definition) is 5. The number of aliphatic carboxylic acids is 2. The van der Waals surface area contributed by atoms with Crippen LogP contribution in [0.2, 0.25) is 0 Å². The van der Waals surface area contributed by atoms with Crippen LogP contribution in [0, 0.1) is 0 Å². The molecule has 0 spiro atoms. The monoisotopic (exact) mass is 447 g/mol. The van der Waals surface area contributed by atoms with E-state index in [-0.39, 0.29) is 19.7 Å². The average Bonchev–Trinajstić information content (AvgIpc) is 2.82. The summed E-state index contributed by atoms with van der Waals surface area (Å²) in [5.74, 6) is -4.11. The molecule has 0 aliphatic carbocycles. The third-order valence-electron chi connectivity index (χ3n) is 5.28. The number of esters is 1. The Labute approximate surface area is 191 Å². The molecular formula is C26H25NO6. The molecule has 0 aliphatic rings. The van der Waals surface area contributed by atoms with Crippen LogP contribution in [0.1, 0.15) is 23.1 Å². The van der Waals surface area contributed by atoms with Crippen molar-refractivity contribution in [3.05, 3.63) is 108 Å². The molecule has 170 valence electrons. The standard InChI is InChI=1S/C26H25NO6/c28-23(29)16-26(24(30)31,25(32)33-19-22-14-8-3-9-15-22)27(17-20-10-4-1-5-11-20)18-21-12-6-2-7-13-21/h1-15H,16-19H2,(H,28,29)(H,30,31)/t26-/m0/s1. The SMILES string of the molecule is O=C(O)C[C@](C(=O)O)(C(=O)OCc1ccccc1)N(Cc1ccccc1)Cc1ccccc1. The van der Waals surface area contributed by atoms with Crippen molar-refractivity contribution in [2.24, 2.45) is 0 Å². The normalized spacial score (nSPS) is 12.6. The molecule has 3 aromatic rings. The van der Waals surface area contributed by atoms with Gasteiger partial charge in [0.2, 0.25) is 5.54 Å². The van der Waals surface area contributed by atoms with Gasteiger partial charge in [-0.05, 0) is 16.7 Å². The maximum Gasteiger partial charge on any atom is 0.339 e. The smallest absolute Gasteiger partial charge is 0.339 e. The largest absolute Gasteiger partial charge is 0.481 e. The van der Waals surface area contributed by atoms with E-state index in [0.717, 1.165) is 11.1 Å². The van der Waals surface area contributed by atoms with Crippen LogP contribution < -0.4 is 0 Å². The number of carbonyl (C=O) groups is 3. The summed E-state index contributed by atoms with van der Waals surface area (Å²) in [7, 11) is 0. The van der Waals surface area contributed by atoms with Gasteiger partial charge in [-0.2, -0.15) is 0 Å². The van der Waals surface area contributed by atoms with Gasteiger partial charge in [0, 0.05) is 13.1 Å². The predicted octanol–water partition coefficient (Wildman–Crippen LogP) is 3.73. The van der Waals surface area contributed by atoms with E-state index in [1.807, 2.05) is 12.1 Å². The zero-order valence-electron chi connectivity index (χ0n) is 18.0. The van der Waals surface area contributed by atoms with Crippen LogP contribution in [-0.4, -0.2) is 38.6 Å². The lowest BCUT2D eigenvalue weighted by Gasteiger charge is -2.37. The van der Waals surface area contributed by atoms with Gasteiger partial charge in [-0.3, -0.25) is 9.69 Å². The molecule has 0 aliphatic heterocycles. The van der Waals surface area contributed by atoms with Gasteiger partial charge in [0.1, 0.15) is 6.61 Å². The molecule has 0 heterocycles. The number of carboxylic acids is 2. The van der Waals surface area contributed by atoms with Crippen molar-refractivity contribution in [1.82, 2.24) is 4.90 Å². The number of rotatable bonds is 11. The van der Waals surface area contributed by atoms with Crippen molar-refractivity contribution >= 4 is 17.9 Å². The average molecular weight is 447 g/mol. The Hall–Kier alpha value is -3.97. The molecule has 3 rings (SSSR count). The summed E-state index contributed by atoms with van der Waals surface area (Å²) in [5, 5.41) is 19.9. The second-order valence-electron chi connectivity index (χ2n) is 7.62. The fourth-order valence-electron chi connectivity index (χ4n) is 3.61. The summed E-state index contributed by atoms with van der Waals surface area (Å²) < 4.78 is 5.39. The maximum absolute atomic E-state index is 13.3. The second kappa shape index (κ2) is 11.1. The highest BCUT2D eigenvalue weighted by Gasteiger charge is 2.54. The van der Waals surface area contributed by atoms with Crippen LogP contribution in [0.4, 0.5) is 0 Å². The molecule has 7 heteroatoms. The van der Waals surface area contributed by atoms with Gasteiger partial charge in [0.25, 0.3) is 0 Å². The molecule has 0 fully saturated rings. The van der Waals surface area contributed by atoms with Gasteiger partial charge >= 0.3 is 17.9 Å². The first-order valence-electron chi connectivity index (χ1n) is 10.4. The van der Waals surface area contributed by atoms with E-state index in [2.05, 4.69) is 0 Å². The quantitative estimate of drug-likeness (QED) is 0.341. The van der Waals surface area contributed by atoms with Crippen molar-refractivity contribution in [2.75, 3.05) is 0 Å². The molecule has 33 heavy (non-hydrogen) atoms. The molecule has 0 radical (unpaired) electrons. The summed E-state index contributed by atoms with van der Waals surface area (Å²) >= 11 is 0. The topological polar surface area (TPSA) is 104 Å². The molecule has 1 atom stereocenters. The fourth-order valence-corrected chi connectivity index (χ4v) is 3.61. The van der Waals surface area contributed by atoms with E-state index < -0.39 is 29.9 Å². The molecule has 2 N–H and O–H groups in total. The lowest BCUT2D eigenvalue weighted by molar-refractivity contribution is -0.178. The van der Waals surface area contributed by atoms with Gasteiger partial charge in [-0.25, -0.2) is 9.59 Å². The molecule has 0 unspecified atom stereocenters. The van der Waals surface area contributed by atoms with E-state index in [1.165, 1.54) is 4.90 Å². The van der Waals surface area contributed by atoms with Gasteiger partial charge < -0.3 is 14.9 Å². The predicted molar refractivity (Wildman–Crippen MR) is 121 cm³/mol. The first kappa shape index (κ1) is 23.7. The highest BCUT2D eigenvalue weighted by atomic mass is 16.5. The Kier molecular flexibility index (Phi) is 7.94. The van der Waals surface area contributed by atoms with Crippen LogP contribution in [0.15, 0.2) is 91.0 Å². The Balaban J connectivity index is 2.02. The first-order valence-corrected chi connectivity index (χ1v) is 10.4. The van der Waals surface area contributed by atoms with E-state index >= 15 is 0 Å². The summed E-state index contributed by atoms with van der Waals surface area (Å²) in [4.78, 5) is 39.1. The van der Waals surface area contributed by atoms with Crippen LogP contribution >= 0.6 is 0 Å². The first-order chi connectivity index (χ1) is 15.9. The molecule has 0 saturated carbocycles. The van der Waals surface area contributed by atoms with Crippen LogP contribution in [0.5, 0.6) is 0 Å². The van der Waals surface area contributed by atoms with E-state index in [4.69, 9.17) is 4.74 Å². The molecule has 7 nitrogen and oxygen atoms in total. The van der Waals surface area contributed by atoms with E-state index in [9.17, 15) is 24.6 Å². The minimum atomic E-state index is -2.42. The van der Waals surface area contributed by atoms with Gasteiger partial charge in [-0.1, -0.05) is 91.0 Å². The van der Waals surface area contributed by atoms with Crippen LogP contribution in [0.25, 0.3) is 0 Å². The third kappa shape index (κ3) is 6.05. The molecule has 0 bridgehead atoms. The fraction of sp³-hybridized carbons (Fsp3) is 0.192. The van der Waals surface area contributed by atoms with Crippen molar-refractivity contribution in [2.45, 2.75) is 31.7 Å². The number of benzene rings is 3. The Morgan fingerprint density at radius 2 is 1.12 bits per heavy atom. The van der Waals surface area contributed by atoms with Crippen LogP contribution in [-0.2, 0) is 38.8 Å². The second-order valence-corrected chi connectivity index (χ2v) is 7.62. The number of ether oxygens (including phenoxy) is 1. The highest BCUT2D eigenvalue weighted by Crippen LogP contribution is 2.28. The summed E-state index contributed by atoms with van der Waals surface area (Å²) in [6.07, 6.45) is -0.949. The molecule has 0 aromatic heterocycles. The summed E-state index contributed by atoms with van der Waals surface area (Å²) in [6, 6.07) is 26.8. The van der Waals surface area contributed by atoms with E-state index in [1.54, 1.807) is 78.9 Å². The lowest BCUT2D eigenvalue weighted by Crippen LogP contribution is -2.61. The van der Waals surface area contributed by atoms with Crippen molar-refractivity contribution in [3.8, 4) is 0 Å².